The lowest BCUT2D eigenvalue weighted by Gasteiger charge is -2.33. The zero-order valence-electron chi connectivity index (χ0n) is 16.8. The molecule has 4 rings (SSSR count). The summed E-state index contributed by atoms with van der Waals surface area (Å²) in [7, 11) is 0. The number of hydrogen-bond acceptors (Lipinski definition) is 5. The smallest absolute Gasteiger partial charge is 0.265 e. The van der Waals surface area contributed by atoms with Crippen molar-refractivity contribution in [2.45, 2.75) is 46.2 Å². The Bertz CT molecular complexity index is 957. The van der Waals surface area contributed by atoms with Crippen LogP contribution in [0.1, 0.15) is 50.2 Å². The average Bonchev–Trinajstić information content (AvgIpc) is 3.05. The monoisotopic (exact) mass is 405 g/mol. The highest BCUT2D eigenvalue weighted by molar-refractivity contribution is 5.76. The molecule has 1 aromatic carbocycles. The van der Waals surface area contributed by atoms with Crippen LogP contribution in [0.4, 0.5) is 26.0 Å². The van der Waals surface area contributed by atoms with Gasteiger partial charge in [0.2, 0.25) is 5.91 Å². The normalized spacial score (nSPS) is 16.1. The third-order valence-corrected chi connectivity index (χ3v) is 5.50. The van der Waals surface area contributed by atoms with Crippen molar-refractivity contribution in [2.24, 2.45) is 0 Å². The van der Waals surface area contributed by atoms with Gasteiger partial charge < -0.3 is 24.8 Å². The molecule has 3 heterocycles. The molecule has 0 saturated carbocycles. The third kappa shape index (κ3) is 3.28. The predicted molar refractivity (Wildman–Crippen MR) is 106 cm³/mol. The van der Waals surface area contributed by atoms with E-state index in [-0.39, 0.29) is 23.1 Å². The van der Waals surface area contributed by atoms with E-state index in [1.807, 2.05) is 4.90 Å². The van der Waals surface area contributed by atoms with Crippen molar-refractivity contribution < 1.29 is 18.3 Å². The summed E-state index contributed by atoms with van der Waals surface area (Å²) in [6.45, 7) is 8.28. The molecule has 2 aliphatic heterocycles. The first-order valence-electron chi connectivity index (χ1n) is 9.74. The van der Waals surface area contributed by atoms with Crippen LogP contribution in [0.3, 0.4) is 0 Å². The SMILES string of the molecule is CC(=O)N1CCn2c(C(C)C)nc(N3CCOc4cc(N)c(C(F)F)cc43)c2C1. The van der Waals surface area contributed by atoms with E-state index < -0.39 is 6.43 Å². The first-order valence-corrected chi connectivity index (χ1v) is 9.74. The number of fused-ring (bicyclic) bond motifs is 2. The number of rotatable bonds is 3. The van der Waals surface area contributed by atoms with Gasteiger partial charge in [-0.1, -0.05) is 13.8 Å². The minimum atomic E-state index is -2.68. The zero-order chi connectivity index (χ0) is 20.9. The molecule has 156 valence electrons. The van der Waals surface area contributed by atoms with Gasteiger partial charge in [-0.2, -0.15) is 0 Å². The maximum atomic E-state index is 13.4. The van der Waals surface area contributed by atoms with Crippen molar-refractivity contribution >= 4 is 23.1 Å². The van der Waals surface area contributed by atoms with Gasteiger partial charge in [-0.05, 0) is 6.07 Å². The Balaban J connectivity index is 1.85. The summed E-state index contributed by atoms with van der Waals surface area (Å²) >= 11 is 0. The van der Waals surface area contributed by atoms with Crippen molar-refractivity contribution in [1.29, 1.82) is 0 Å². The Kier molecular flexibility index (Phi) is 4.84. The molecule has 29 heavy (non-hydrogen) atoms. The highest BCUT2D eigenvalue weighted by atomic mass is 19.3. The Hall–Kier alpha value is -2.84. The number of carbonyl (C=O) groups excluding carboxylic acids is 1. The largest absolute Gasteiger partial charge is 0.489 e. The average molecular weight is 405 g/mol. The van der Waals surface area contributed by atoms with Crippen LogP contribution in [0.25, 0.3) is 0 Å². The quantitative estimate of drug-likeness (QED) is 0.792. The Morgan fingerprint density at radius 3 is 2.66 bits per heavy atom. The maximum absolute atomic E-state index is 13.4. The number of ether oxygens (including phenoxy) is 1. The van der Waals surface area contributed by atoms with Crippen LogP contribution in [0.2, 0.25) is 0 Å². The van der Waals surface area contributed by atoms with E-state index in [1.54, 1.807) is 11.8 Å². The van der Waals surface area contributed by atoms with E-state index in [9.17, 15) is 13.6 Å². The van der Waals surface area contributed by atoms with E-state index in [1.165, 1.54) is 12.1 Å². The van der Waals surface area contributed by atoms with Gasteiger partial charge in [-0.3, -0.25) is 4.79 Å². The number of nitrogens with zero attached hydrogens (tertiary/aromatic N) is 4. The van der Waals surface area contributed by atoms with E-state index >= 15 is 0 Å². The molecule has 0 bridgehead atoms. The molecule has 0 fully saturated rings. The minimum Gasteiger partial charge on any atom is -0.489 e. The van der Waals surface area contributed by atoms with Gasteiger partial charge in [0.05, 0.1) is 24.5 Å². The number of anilines is 3. The molecule has 0 spiro atoms. The van der Waals surface area contributed by atoms with Gasteiger partial charge >= 0.3 is 0 Å². The van der Waals surface area contributed by atoms with Crippen molar-refractivity contribution in [2.75, 3.05) is 30.3 Å². The van der Waals surface area contributed by atoms with E-state index in [0.29, 0.717) is 50.0 Å². The molecule has 0 radical (unpaired) electrons. The van der Waals surface area contributed by atoms with E-state index in [2.05, 4.69) is 18.4 Å². The van der Waals surface area contributed by atoms with Crippen LogP contribution in [-0.4, -0.2) is 40.1 Å². The number of imidazole rings is 1. The Morgan fingerprint density at radius 1 is 1.24 bits per heavy atom. The lowest BCUT2D eigenvalue weighted by molar-refractivity contribution is -0.130. The predicted octanol–water partition coefficient (Wildman–Crippen LogP) is 3.42. The van der Waals surface area contributed by atoms with Crippen molar-refractivity contribution in [3.8, 4) is 5.75 Å². The molecule has 0 saturated heterocycles. The molecule has 1 amide bonds. The molecular formula is C20H25F2N5O2. The molecule has 9 heteroatoms. The summed E-state index contributed by atoms with van der Waals surface area (Å²) in [5.74, 6) is 2.27. The summed E-state index contributed by atoms with van der Waals surface area (Å²) in [6.07, 6.45) is -2.68. The number of alkyl halides is 2. The summed E-state index contributed by atoms with van der Waals surface area (Å²) in [5, 5.41) is 0. The maximum Gasteiger partial charge on any atom is 0.265 e. The number of carbonyl (C=O) groups is 1. The van der Waals surface area contributed by atoms with Crippen LogP contribution in [-0.2, 0) is 17.9 Å². The number of hydrogen-bond donors (Lipinski definition) is 1. The zero-order valence-corrected chi connectivity index (χ0v) is 16.8. The lowest BCUT2D eigenvalue weighted by atomic mass is 10.1. The van der Waals surface area contributed by atoms with Crippen molar-refractivity contribution in [1.82, 2.24) is 14.5 Å². The number of halogens is 2. The van der Waals surface area contributed by atoms with Crippen LogP contribution in [0.5, 0.6) is 5.75 Å². The van der Waals surface area contributed by atoms with E-state index in [4.69, 9.17) is 15.5 Å². The molecule has 7 nitrogen and oxygen atoms in total. The van der Waals surface area contributed by atoms with Gasteiger partial charge in [0.15, 0.2) is 5.82 Å². The number of benzene rings is 1. The van der Waals surface area contributed by atoms with Crippen LogP contribution < -0.4 is 15.4 Å². The first-order chi connectivity index (χ1) is 13.8. The molecule has 0 atom stereocenters. The highest BCUT2D eigenvalue weighted by Gasteiger charge is 2.32. The van der Waals surface area contributed by atoms with Gasteiger partial charge in [0, 0.05) is 43.2 Å². The number of nitrogen functional groups attached to an aromatic ring is 1. The van der Waals surface area contributed by atoms with Crippen molar-refractivity contribution in [3.05, 3.63) is 29.2 Å². The second-order valence-corrected chi connectivity index (χ2v) is 7.74. The van der Waals surface area contributed by atoms with Gasteiger partial charge in [-0.25, -0.2) is 13.8 Å². The molecule has 0 unspecified atom stereocenters. The lowest BCUT2D eigenvalue weighted by Crippen LogP contribution is -2.38. The van der Waals surface area contributed by atoms with E-state index in [0.717, 1.165) is 11.5 Å². The fourth-order valence-electron chi connectivity index (χ4n) is 4.01. The molecule has 2 aromatic rings. The standard InChI is InChI=1S/C20H25F2N5O2/c1-11(2)19-24-20(16-10-25(12(3)28)4-5-26(16)19)27-6-7-29-17-9-14(23)13(18(21)22)8-15(17)27/h8-9,11,18H,4-7,10,23H2,1-3H3. The van der Waals surface area contributed by atoms with Crippen LogP contribution in [0, 0.1) is 0 Å². The fraction of sp³-hybridized carbons (Fsp3) is 0.500. The highest BCUT2D eigenvalue weighted by Crippen LogP contribution is 2.43. The Morgan fingerprint density at radius 2 is 2.00 bits per heavy atom. The van der Waals surface area contributed by atoms with Gasteiger partial charge in [0.25, 0.3) is 6.43 Å². The summed E-state index contributed by atoms with van der Waals surface area (Å²) in [6, 6.07) is 2.84. The second kappa shape index (κ2) is 7.20. The first kappa shape index (κ1) is 19.5. The molecular weight excluding hydrogens is 380 g/mol. The summed E-state index contributed by atoms with van der Waals surface area (Å²) in [5.41, 5.74) is 7.03. The topological polar surface area (TPSA) is 76.6 Å². The number of aromatic nitrogens is 2. The van der Waals surface area contributed by atoms with Crippen LogP contribution >= 0.6 is 0 Å². The summed E-state index contributed by atoms with van der Waals surface area (Å²) in [4.78, 5) is 20.5. The van der Waals surface area contributed by atoms with Gasteiger partial charge in [0.1, 0.15) is 18.2 Å². The molecule has 2 aliphatic rings. The van der Waals surface area contributed by atoms with Gasteiger partial charge in [-0.15, -0.1) is 0 Å². The Labute approximate surface area is 168 Å². The van der Waals surface area contributed by atoms with Crippen LogP contribution in [0.15, 0.2) is 12.1 Å². The number of amides is 1. The number of nitrogens with two attached hydrogens (primary N) is 1. The van der Waals surface area contributed by atoms with Crippen molar-refractivity contribution in [3.63, 3.8) is 0 Å². The molecule has 1 aromatic heterocycles. The molecule has 2 N–H and O–H groups in total. The fourth-order valence-corrected chi connectivity index (χ4v) is 4.01. The molecule has 0 aliphatic carbocycles. The minimum absolute atomic E-state index is 0.00429. The third-order valence-electron chi connectivity index (χ3n) is 5.50. The second-order valence-electron chi connectivity index (χ2n) is 7.74. The summed E-state index contributed by atoms with van der Waals surface area (Å²) < 4.78 is 34.7.